The molecule has 10 nitrogen and oxygen atoms in total. The summed E-state index contributed by atoms with van der Waals surface area (Å²) in [6.45, 7) is 3.28. The molecule has 2 rings (SSSR count). The molecule has 0 radical (unpaired) electrons. The molecular weight excluding hydrogens is 431 g/mol. The number of para-hydroxylation sites is 1. The van der Waals surface area contributed by atoms with Gasteiger partial charge in [-0.1, -0.05) is 18.2 Å². The van der Waals surface area contributed by atoms with Crippen LogP contribution < -0.4 is 4.74 Å². The van der Waals surface area contributed by atoms with Crippen LogP contribution in [0.1, 0.15) is 33.3 Å². The second-order valence-electron chi connectivity index (χ2n) is 6.93. The molecule has 1 saturated heterocycles. The molecule has 1 fully saturated rings. The molecule has 0 bridgehead atoms. The Morgan fingerprint density at radius 2 is 1.41 bits per heavy atom. The van der Waals surface area contributed by atoms with E-state index >= 15 is 0 Å². The van der Waals surface area contributed by atoms with Crippen molar-refractivity contribution in [2.75, 3.05) is 6.61 Å². The van der Waals surface area contributed by atoms with Gasteiger partial charge in [0, 0.05) is 33.3 Å². The molecule has 176 valence electrons. The Balaban J connectivity index is 2.48. The Kier molecular flexibility index (Phi) is 8.94. The average molecular weight is 456 g/mol. The van der Waals surface area contributed by atoms with Crippen molar-refractivity contribution >= 4 is 23.9 Å². The highest BCUT2D eigenvalue weighted by Gasteiger charge is 2.53. The van der Waals surface area contributed by atoms with Gasteiger partial charge in [0.1, 0.15) is 25.1 Å². The molecule has 0 saturated carbocycles. The topological polar surface area (TPSA) is 124 Å². The fourth-order valence-corrected chi connectivity index (χ4v) is 3.14. The third-order valence-electron chi connectivity index (χ3n) is 4.31. The van der Waals surface area contributed by atoms with Gasteiger partial charge < -0.3 is 28.4 Å². The van der Waals surface area contributed by atoms with Crippen molar-refractivity contribution in [1.82, 2.24) is 0 Å². The Bertz CT molecular complexity index is 842. The summed E-state index contributed by atoms with van der Waals surface area (Å²) in [7, 11) is 0. The van der Waals surface area contributed by atoms with E-state index in [1.807, 2.05) is 0 Å². The first-order chi connectivity index (χ1) is 15.1. The number of esters is 4. The largest absolute Gasteiger partial charge is 0.463 e. The minimum Gasteiger partial charge on any atom is -0.463 e. The maximum absolute atomic E-state index is 13.4. The molecule has 0 amide bonds. The lowest BCUT2D eigenvalue weighted by atomic mass is 9.98. The Morgan fingerprint density at radius 3 is 1.97 bits per heavy atom. The molecule has 0 aliphatic carbocycles. The van der Waals surface area contributed by atoms with Crippen LogP contribution in [-0.4, -0.2) is 61.2 Å². The van der Waals surface area contributed by atoms with Crippen LogP contribution >= 0.6 is 0 Å². The van der Waals surface area contributed by atoms with Gasteiger partial charge in [0.15, 0.2) is 12.2 Å². The van der Waals surface area contributed by atoms with Gasteiger partial charge in [-0.2, -0.15) is 0 Å². The predicted molar refractivity (Wildman–Crippen MR) is 104 cm³/mol. The summed E-state index contributed by atoms with van der Waals surface area (Å²) in [4.78, 5) is 46.6. The normalized spacial score (nSPS) is 24.7. The number of carbonyl (C=O) groups excluding carboxylic acids is 4. The molecule has 1 aromatic rings. The first-order valence-corrected chi connectivity index (χ1v) is 9.73. The fraction of sp³-hybridized carbons (Fsp3) is 0.524. The van der Waals surface area contributed by atoms with E-state index in [1.165, 1.54) is 19.1 Å². The highest BCUT2D eigenvalue weighted by molar-refractivity contribution is 5.68. The van der Waals surface area contributed by atoms with Gasteiger partial charge >= 0.3 is 23.9 Å². The average Bonchev–Trinajstić information content (AvgIpc) is 2.70. The highest BCUT2D eigenvalue weighted by Crippen LogP contribution is 2.32. The van der Waals surface area contributed by atoms with Gasteiger partial charge in [0.25, 0.3) is 0 Å². The number of benzene rings is 1. The minimum absolute atomic E-state index is 0.0934. The SMILES string of the molecule is CC(=O)OC[C@H]1O[C@H](Oc2ccccc2CF)[C@H](OC(C)=O)[C@@H](OC(C)=O)[C@@H]1OC(C)=O. The van der Waals surface area contributed by atoms with Crippen molar-refractivity contribution < 1.29 is 52.0 Å². The van der Waals surface area contributed by atoms with E-state index in [9.17, 15) is 23.6 Å². The smallest absolute Gasteiger partial charge is 0.303 e. The van der Waals surface area contributed by atoms with Crippen molar-refractivity contribution in [2.24, 2.45) is 0 Å². The highest BCUT2D eigenvalue weighted by atomic mass is 19.1. The lowest BCUT2D eigenvalue weighted by molar-refractivity contribution is -0.288. The van der Waals surface area contributed by atoms with Crippen LogP contribution in [-0.2, 0) is 49.5 Å². The van der Waals surface area contributed by atoms with Crippen LogP contribution in [0.4, 0.5) is 4.39 Å². The second kappa shape index (κ2) is 11.4. The number of hydrogen-bond acceptors (Lipinski definition) is 10. The molecule has 1 aliphatic heterocycles. The Labute approximate surface area is 183 Å². The molecule has 1 heterocycles. The summed E-state index contributed by atoms with van der Waals surface area (Å²) < 4.78 is 45.8. The zero-order valence-corrected chi connectivity index (χ0v) is 18.1. The van der Waals surface area contributed by atoms with E-state index in [0.29, 0.717) is 0 Å². The molecule has 0 spiro atoms. The molecule has 0 N–H and O–H groups in total. The van der Waals surface area contributed by atoms with Crippen molar-refractivity contribution in [1.29, 1.82) is 0 Å². The Hall–Kier alpha value is -3.21. The summed E-state index contributed by atoms with van der Waals surface area (Å²) in [5.41, 5.74) is 0.195. The lowest BCUT2D eigenvalue weighted by Crippen LogP contribution is -2.63. The molecule has 0 unspecified atom stereocenters. The molecule has 11 heteroatoms. The van der Waals surface area contributed by atoms with Crippen LogP contribution in [0.2, 0.25) is 0 Å². The molecule has 1 aromatic carbocycles. The van der Waals surface area contributed by atoms with Crippen LogP contribution in [0.3, 0.4) is 0 Å². The van der Waals surface area contributed by atoms with Gasteiger partial charge in [-0.15, -0.1) is 0 Å². The standard InChI is InChI=1S/C21H25FO10/c1-11(23)27-10-17-18(28-12(2)24)19(29-13(3)25)20(30-14(4)26)21(32-17)31-16-8-6-5-7-15(16)9-22/h5-8,17-21H,9-10H2,1-4H3/t17-,18-,19+,20-,21+/m1/s1. The van der Waals surface area contributed by atoms with Crippen LogP contribution in [0.25, 0.3) is 0 Å². The number of hydrogen-bond donors (Lipinski definition) is 0. The maximum Gasteiger partial charge on any atom is 0.303 e. The van der Waals surface area contributed by atoms with E-state index in [-0.39, 0.29) is 17.9 Å². The maximum atomic E-state index is 13.4. The van der Waals surface area contributed by atoms with Gasteiger partial charge in [0.05, 0.1) is 0 Å². The van der Waals surface area contributed by atoms with Crippen LogP contribution in [0, 0.1) is 0 Å². The summed E-state index contributed by atoms with van der Waals surface area (Å²) in [6, 6.07) is 6.17. The van der Waals surface area contributed by atoms with E-state index in [2.05, 4.69) is 0 Å². The molecule has 0 aromatic heterocycles. The molecule has 5 atom stereocenters. The summed E-state index contributed by atoms with van der Waals surface area (Å²) >= 11 is 0. The minimum atomic E-state index is -1.41. The molecular formula is C21H25FO10. The van der Waals surface area contributed by atoms with Crippen LogP contribution in [0.5, 0.6) is 5.75 Å². The first kappa shape index (κ1) is 25.1. The van der Waals surface area contributed by atoms with Crippen molar-refractivity contribution in [3.8, 4) is 5.75 Å². The van der Waals surface area contributed by atoms with Gasteiger partial charge in [-0.25, -0.2) is 4.39 Å². The molecule has 32 heavy (non-hydrogen) atoms. The number of rotatable bonds is 8. The zero-order valence-electron chi connectivity index (χ0n) is 18.1. The zero-order chi connectivity index (χ0) is 23.8. The molecule has 1 aliphatic rings. The van der Waals surface area contributed by atoms with Crippen molar-refractivity contribution in [3.63, 3.8) is 0 Å². The second-order valence-corrected chi connectivity index (χ2v) is 6.93. The van der Waals surface area contributed by atoms with E-state index in [1.54, 1.807) is 12.1 Å². The number of halogens is 1. The quantitative estimate of drug-likeness (QED) is 0.421. The van der Waals surface area contributed by atoms with Crippen molar-refractivity contribution in [3.05, 3.63) is 29.8 Å². The third kappa shape index (κ3) is 6.91. The fourth-order valence-electron chi connectivity index (χ4n) is 3.14. The predicted octanol–water partition coefficient (Wildman–Crippen LogP) is 1.62. The monoisotopic (exact) mass is 456 g/mol. The van der Waals surface area contributed by atoms with E-state index < -0.39 is 61.3 Å². The first-order valence-electron chi connectivity index (χ1n) is 9.73. The number of ether oxygens (including phenoxy) is 6. The summed E-state index contributed by atoms with van der Waals surface area (Å²) in [5.74, 6) is -2.81. The van der Waals surface area contributed by atoms with E-state index in [0.717, 1.165) is 20.8 Å². The van der Waals surface area contributed by atoms with Gasteiger partial charge in [0.2, 0.25) is 12.4 Å². The van der Waals surface area contributed by atoms with Crippen molar-refractivity contribution in [2.45, 2.75) is 65.1 Å². The summed E-state index contributed by atoms with van der Waals surface area (Å²) in [5, 5.41) is 0. The third-order valence-corrected chi connectivity index (χ3v) is 4.31. The van der Waals surface area contributed by atoms with Gasteiger partial charge in [-0.05, 0) is 6.07 Å². The number of alkyl halides is 1. The van der Waals surface area contributed by atoms with Gasteiger partial charge in [-0.3, -0.25) is 19.2 Å². The Morgan fingerprint density at radius 1 is 0.844 bits per heavy atom. The summed E-state index contributed by atoms with van der Waals surface area (Å²) in [6.07, 6.45) is -6.61. The van der Waals surface area contributed by atoms with E-state index in [4.69, 9.17) is 28.4 Å². The van der Waals surface area contributed by atoms with Crippen LogP contribution in [0.15, 0.2) is 24.3 Å². The lowest BCUT2D eigenvalue weighted by Gasteiger charge is -2.44. The number of carbonyl (C=O) groups is 4.